The van der Waals surface area contributed by atoms with Gasteiger partial charge in [0.1, 0.15) is 0 Å². The molecule has 1 heterocycles. The van der Waals surface area contributed by atoms with Gasteiger partial charge < -0.3 is 5.73 Å². The van der Waals surface area contributed by atoms with E-state index in [4.69, 9.17) is 5.73 Å². The highest BCUT2D eigenvalue weighted by Gasteiger charge is 2.24. The van der Waals surface area contributed by atoms with E-state index in [2.05, 4.69) is 10.3 Å². The molecule has 2 unspecified atom stereocenters. The zero-order chi connectivity index (χ0) is 8.39. The highest BCUT2D eigenvalue weighted by atomic mass is 15.4. The third kappa shape index (κ3) is 1.34. The Labute approximate surface area is 71.8 Å². The number of hydrogen-bond acceptors (Lipinski definition) is 3. The molecule has 0 aromatic carbocycles. The maximum atomic E-state index is 5.60. The molecule has 0 spiro atoms. The molecule has 4 nitrogen and oxygen atoms in total. The zero-order valence-electron chi connectivity index (χ0n) is 7.06. The standard InChI is InChI=1S/C8H14N4/c9-6-7-1-2-8(5-7)12-4-3-10-11-12/h3-4,7-8H,1-2,5-6,9H2. The summed E-state index contributed by atoms with van der Waals surface area (Å²) in [6.07, 6.45) is 7.27. The first-order chi connectivity index (χ1) is 5.90. The Morgan fingerprint density at radius 3 is 3.00 bits per heavy atom. The smallest absolute Gasteiger partial charge is 0.0693 e. The van der Waals surface area contributed by atoms with E-state index in [-0.39, 0.29) is 0 Å². The Hall–Kier alpha value is -0.900. The summed E-state index contributed by atoms with van der Waals surface area (Å²) in [5, 5.41) is 7.79. The summed E-state index contributed by atoms with van der Waals surface area (Å²) in [5.74, 6) is 0.694. The van der Waals surface area contributed by atoms with Crippen LogP contribution < -0.4 is 5.73 Å². The average molecular weight is 166 g/mol. The van der Waals surface area contributed by atoms with Crippen molar-refractivity contribution in [2.45, 2.75) is 25.3 Å². The quantitative estimate of drug-likeness (QED) is 0.699. The molecule has 1 aliphatic rings. The fourth-order valence-electron chi connectivity index (χ4n) is 1.92. The molecule has 1 fully saturated rings. The predicted molar refractivity (Wildman–Crippen MR) is 45.5 cm³/mol. The summed E-state index contributed by atoms with van der Waals surface area (Å²) >= 11 is 0. The van der Waals surface area contributed by atoms with Crippen LogP contribution in [0.3, 0.4) is 0 Å². The topological polar surface area (TPSA) is 56.7 Å². The van der Waals surface area contributed by atoms with Crippen LogP contribution in [-0.4, -0.2) is 21.5 Å². The van der Waals surface area contributed by atoms with Crippen LogP contribution in [0.4, 0.5) is 0 Å². The Bertz CT molecular complexity index is 231. The molecule has 2 atom stereocenters. The summed E-state index contributed by atoms with van der Waals surface area (Å²) in [6, 6.07) is 0.543. The van der Waals surface area contributed by atoms with Crippen LogP contribution in [-0.2, 0) is 0 Å². The molecular weight excluding hydrogens is 152 g/mol. The normalized spacial score (nSPS) is 29.4. The van der Waals surface area contributed by atoms with Gasteiger partial charge in [-0.25, -0.2) is 4.68 Å². The van der Waals surface area contributed by atoms with Crippen LogP contribution in [0.1, 0.15) is 25.3 Å². The fraction of sp³-hybridized carbons (Fsp3) is 0.750. The molecule has 4 heteroatoms. The predicted octanol–water partition coefficient (Wildman–Crippen LogP) is 0.578. The summed E-state index contributed by atoms with van der Waals surface area (Å²) in [6.45, 7) is 0.811. The van der Waals surface area contributed by atoms with Gasteiger partial charge in [-0.1, -0.05) is 5.21 Å². The van der Waals surface area contributed by atoms with Gasteiger partial charge in [0.05, 0.1) is 12.2 Å². The maximum Gasteiger partial charge on any atom is 0.0693 e. The van der Waals surface area contributed by atoms with Gasteiger partial charge in [0.15, 0.2) is 0 Å². The van der Waals surface area contributed by atoms with Gasteiger partial charge in [0, 0.05) is 6.20 Å². The minimum Gasteiger partial charge on any atom is -0.330 e. The number of nitrogens with two attached hydrogens (primary N) is 1. The molecule has 2 N–H and O–H groups in total. The molecule has 0 radical (unpaired) electrons. The number of aromatic nitrogens is 3. The summed E-state index contributed by atoms with van der Waals surface area (Å²) < 4.78 is 1.95. The van der Waals surface area contributed by atoms with Crippen molar-refractivity contribution in [3.63, 3.8) is 0 Å². The van der Waals surface area contributed by atoms with Crippen LogP contribution in [0.5, 0.6) is 0 Å². The number of hydrogen-bond donors (Lipinski definition) is 1. The summed E-state index contributed by atoms with van der Waals surface area (Å²) in [7, 11) is 0. The van der Waals surface area contributed by atoms with Gasteiger partial charge in [-0.05, 0) is 31.7 Å². The average Bonchev–Trinajstić information content (AvgIpc) is 2.75. The van der Waals surface area contributed by atoms with Crippen LogP contribution >= 0.6 is 0 Å². The third-order valence-corrected chi connectivity index (χ3v) is 2.66. The SMILES string of the molecule is NCC1CCC(n2ccnn2)C1. The van der Waals surface area contributed by atoms with Gasteiger partial charge in [-0.3, -0.25) is 0 Å². The Morgan fingerprint density at radius 1 is 1.50 bits per heavy atom. The lowest BCUT2D eigenvalue weighted by Gasteiger charge is -2.08. The van der Waals surface area contributed by atoms with Crippen molar-refractivity contribution in [1.29, 1.82) is 0 Å². The molecular formula is C8H14N4. The molecule has 66 valence electrons. The second-order valence-corrected chi connectivity index (χ2v) is 3.45. The highest BCUT2D eigenvalue weighted by Crippen LogP contribution is 2.32. The second kappa shape index (κ2) is 3.23. The van der Waals surface area contributed by atoms with E-state index >= 15 is 0 Å². The van der Waals surface area contributed by atoms with Crippen LogP contribution in [0.15, 0.2) is 12.4 Å². The first-order valence-electron chi connectivity index (χ1n) is 4.46. The first kappa shape index (κ1) is 7.73. The van der Waals surface area contributed by atoms with Crippen molar-refractivity contribution < 1.29 is 0 Å². The van der Waals surface area contributed by atoms with Crippen molar-refractivity contribution in [2.24, 2.45) is 11.7 Å². The Balaban J connectivity index is 2.00. The minimum atomic E-state index is 0.543. The van der Waals surface area contributed by atoms with Crippen LogP contribution in [0.25, 0.3) is 0 Å². The summed E-state index contributed by atoms with van der Waals surface area (Å²) in [5.41, 5.74) is 5.60. The van der Waals surface area contributed by atoms with E-state index in [1.54, 1.807) is 6.20 Å². The molecule has 1 aliphatic carbocycles. The molecule has 2 rings (SSSR count). The van der Waals surface area contributed by atoms with E-state index < -0.39 is 0 Å². The minimum absolute atomic E-state index is 0.543. The van der Waals surface area contributed by atoms with E-state index in [9.17, 15) is 0 Å². The Kier molecular flexibility index (Phi) is 2.08. The van der Waals surface area contributed by atoms with E-state index in [0.29, 0.717) is 12.0 Å². The molecule has 0 aliphatic heterocycles. The van der Waals surface area contributed by atoms with E-state index in [1.807, 2.05) is 10.9 Å². The highest BCUT2D eigenvalue weighted by molar-refractivity contribution is 4.81. The van der Waals surface area contributed by atoms with Gasteiger partial charge >= 0.3 is 0 Å². The van der Waals surface area contributed by atoms with Crippen molar-refractivity contribution in [2.75, 3.05) is 6.54 Å². The molecule has 1 aromatic heterocycles. The number of nitrogens with zero attached hydrogens (tertiary/aromatic N) is 3. The van der Waals surface area contributed by atoms with Gasteiger partial charge in [-0.2, -0.15) is 0 Å². The van der Waals surface area contributed by atoms with Crippen LogP contribution in [0.2, 0.25) is 0 Å². The number of rotatable bonds is 2. The molecule has 1 saturated carbocycles. The van der Waals surface area contributed by atoms with E-state index in [1.165, 1.54) is 19.3 Å². The fourth-order valence-corrected chi connectivity index (χ4v) is 1.92. The van der Waals surface area contributed by atoms with E-state index in [0.717, 1.165) is 6.54 Å². The lowest BCUT2D eigenvalue weighted by Crippen LogP contribution is -2.12. The van der Waals surface area contributed by atoms with Crippen molar-refractivity contribution in [3.8, 4) is 0 Å². The maximum absolute atomic E-state index is 5.60. The lowest BCUT2D eigenvalue weighted by molar-refractivity contribution is 0.433. The monoisotopic (exact) mass is 166 g/mol. The largest absolute Gasteiger partial charge is 0.330 e. The Morgan fingerprint density at radius 2 is 2.42 bits per heavy atom. The van der Waals surface area contributed by atoms with Crippen LogP contribution in [0, 0.1) is 5.92 Å². The second-order valence-electron chi connectivity index (χ2n) is 3.45. The van der Waals surface area contributed by atoms with Crippen molar-refractivity contribution in [1.82, 2.24) is 15.0 Å². The third-order valence-electron chi connectivity index (χ3n) is 2.66. The van der Waals surface area contributed by atoms with Gasteiger partial charge in [-0.15, -0.1) is 5.10 Å². The molecule has 0 bridgehead atoms. The van der Waals surface area contributed by atoms with Crippen molar-refractivity contribution >= 4 is 0 Å². The lowest BCUT2D eigenvalue weighted by atomic mass is 10.1. The van der Waals surface area contributed by atoms with Crippen molar-refractivity contribution in [3.05, 3.63) is 12.4 Å². The summed E-state index contributed by atoms with van der Waals surface area (Å²) in [4.78, 5) is 0. The first-order valence-corrected chi connectivity index (χ1v) is 4.46. The van der Waals surface area contributed by atoms with Gasteiger partial charge in [0.25, 0.3) is 0 Å². The van der Waals surface area contributed by atoms with Gasteiger partial charge in [0.2, 0.25) is 0 Å². The zero-order valence-corrected chi connectivity index (χ0v) is 7.06. The molecule has 1 aromatic rings. The molecule has 0 saturated heterocycles. The molecule has 0 amide bonds. The molecule has 12 heavy (non-hydrogen) atoms.